The molecule has 2 nitrogen and oxygen atoms in total. The van der Waals surface area contributed by atoms with Crippen molar-refractivity contribution in [1.82, 2.24) is 4.90 Å². The summed E-state index contributed by atoms with van der Waals surface area (Å²) in [7, 11) is 3.92. The summed E-state index contributed by atoms with van der Waals surface area (Å²) < 4.78 is 5.98. The fourth-order valence-electron chi connectivity index (χ4n) is 0.458. The molecule has 1 unspecified atom stereocenters. The van der Waals surface area contributed by atoms with Crippen LogP contribution in [0.1, 0.15) is 0 Å². The van der Waals surface area contributed by atoms with Crippen LogP contribution in [0.4, 0.5) is 0 Å². The van der Waals surface area contributed by atoms with E-state index in [1.165, 1.54) is 0 Å². The average molecular weight is 177 g/mol. The molecule has 0 bridgehead atoms. The molecule has 0 amide bonds. The fourth-order valence-corrected chi connectivity index (χ4v) is 1.44. The molecule has 1 aliphatic rings. The van der Waals surface area contributed by atoms with Crippen LogP contribution in [0.2, 0.25) is 0 Å². The molecule has 0 spiro atoms. The van der Waals surface area contributed by atoms with E-state index in [9.17, 15) is 0 Å². The summed E-state index contributed by atoms with van der Waals surface area (Å²) in [5.74, 6) is 1.01. The zero-order valence-electron chi connectivity index (χ0n) is 6.16. The van der Waals surface area contributed by atoms with Crippen LogP contribution in [0.25, 0.3) is 0 Å². The Labute approximate surface area is 70.9 Å². The Hall–Kier alpha value is 0.200. The highest BCUT2D eigenvalue weighted by atomic mass is 32.2. The minimum absolute atomic E-state index is 0.475. The molecule has 1 saturated heterocycles. The van der Waals surface area contributed by atoms with Crippen molar-refractivity contribution in [2.45, 2.75) is 6.10 Å². The van der Waals surface area contributed by atoms with Crippen LogP contribution in [-0.4, -0.2) is 41.8 Å². The number of hydrogen-bond acceptors (Lipinski definition) is 3. The predicted molar refractivity (Wildman–Crippen MR) is 48.5 cm³/mol. The largest absolute Gasteiger partial charge is 0.372 e. The quantitative estimate of drug-likeness (QED) is 0.461. The van der Waals surface area contributed by atoms with E-state index in [1.807, 2.05) is 19.0 Å². The molecule has 0 aromatic heterocycles. The fraction of sp³-hybridized carbons (Fsp3) is 0.833. The molecule has 1 atom stereocenters. The van der Waals surface area contributed by atoms with Crippen LogP contribution < -0.4 is 0 Å². The highest BCUT2D eigenvalue weighted by Crippen LogP contribution is 2.17. The molecular formula is C6H11NOS2. The second-order valence-electron chi connectivity index (χ2n) is 2.43. The van der Waals surface area contributed by atoms with Gasteiger partial charge in [-0.15, -0.1) is 0 Å². The normalized spacial score (nSPS) is 22.4. The lowest BCUT2D eigenvalue weighted by Crippen LogP contribution is -2.17. The summed E-state index contributed by atoms with van der Waals surface area (Å²) in [6.45, 7) is 0.920. The molecule has 1 fully saturated rings. The maximum absolute atomic E-state index is 5.06. The predicted octanol–water partition coefficient (Wildman–Crippen LogP) is 0.965. The van der Waals surface area contributed by atoms with Crippen molar-refractivity contribution < 1.29 is 4.74 Å². The smallest absolute Gasteiger partial charge is 0.135 e. The van der Waals surface area contributed by atoms with E-state index in [0.29, 0.717) is 6.10 Å². The number of ether oxygens (including phenoxy) is 1. The number of thioether (sulfide) groups is 1. The lowest BCUT2D eigenvalue weighted by atomic mass is 10.6. The van der Waals surface area contributed by atoms with Gasteiger partial charge in [-0.2, -0.15) is 0 Å². The molecule has 0 radical (unpaired) electrons. The molecule has 0 saturated carbocycles. The summed E-state index contributed by atoms with van der Waals surface area (Å²) in [6, 6.07) is 0. The Morgan fingerprint density at radius 3 is 2.80 bits per heavy atom. The number of hydrogen-bond donors (Lipinski definition) is 0. The zero-order chi connectivity index (χ0) is 7.56. The van der Waals surface area contributed by atoms with Crippen molar-refractivity contribution >= 4 is 28.3 Å². The minimum Gasteiger partial charge on any atom is -0.372 e. The molecule has 0 aliphatic carbocycles. The van der Waals surface area contributed by atoms with Crippen LogP contribution in [0.15, 0.2) is 0 Å². The average Bonchev–Trinajstić information content (AvgIpc) is 2.64. The van der Waals surface area contributed by atoms with E-state index < -0.39 is 0 Å². The van der Waals surface area contributed by atoms with Crippen LogP contribution in [0.3, 0.4) is 0 Å². The maximum Gasteiger partial charge on any atom is 0.135 e. The van der Waals surface area contributed by atoms with Gasteiger partial charge >= 0.3 is 0 Å². The first-order valence-electron chi connectivity index (χ1n) is 3.16. The van der Waals surface area contributed by atoms with Gasteiger partial charge in [-0.3, -0.25) is 0 Å². The molecule has 10 heavy (non-hydrogen) atoms. The van der Waals surface area contributed by atoms with Crippen LogP contribution in [-0.2, 0) is 4.74 Å². The molecule has 1 aliphatic heterocycles. The van der Waals surface area contributed by atoms with Crippen molar-refractivity contribution in [3.8, 4) is 0 Å². The number of rotatable bonds is 2. The lowest BCUT2D eigenvalue weighted by Gasteiger charge is -2.11. The molecule has 58 valence electrons. The van der Waals surface area contributed by atoms with Crippen molar-refractivity contribution in [3.63, 3.8) is 0 Å². The van der Waals surface area contributed by atoms with E-state index in [4.69, 9.17) is 17.0 Å². The first-order chi connectivity index (χ1) is 4.70. The summed E-state index contributed by atoms with van der Waals surface area (Å²) in [6.07, 6.45) is 0.475. The molecular weight excluding hydrogens is 166 g/mol. The zero-order valence-corrected chi connectivity index (χ0v) is 7.80. The Bertz CT molecular complexity index is 134. The second kappa shape index (κ2) is 3.55. The molecule has 0 N–H and O–H groups in total. The van der Waals surface area contributed by atoms with Gasteiger partial charge in [-0.05, 0) is 0 Å². The van der Waals surface area contributed by atoms with Gasteiger partial charge in [0.05, 0.1) is 12.7 Å². The van der Waals surface area contributed by atoms with E-state index in [-0.39, 0.29) is 0 Å². The third-order valence-electron chi connectivity index (χ3n) is 1.16. The first kappa shape index (κ1) is 8.30. The summed E-state index contributed by atoms with van der Waals surface area (Å²) in [4.78, 5) is 1.95. The number of thiocarbonyl (C=S) groups is 1. The van der Waals surface area contributed by atoms with Crippen LogP contribution in [0.5, 0.6) is 0 Å². The summed E-state index contributed by atoms with van der Waals surface area (Å²) in [5.41, 5.74) is 0. The van der Waals surface area contributed by atoms with Crippen molar-refractivity contribution in [3.05, 3.63) is 0 Å². The Morgan fingerprint density at radius 2 is 2.40 bits per heavy atom. The second-order valence-corrected chi connectivity index (χ2v) is 4.08. The van der Waals surface area contributed by atoms with Crippen LogP contribution >= 0.6 is 24.0 Å². The maximum atomic E-state index is 5.06. The van der Waals surface area contributed by atoms with Gasteiger partial charge in [-0.1, -0.05) is 24.0 Å². The van der Waals surface area contributed by atoms with Gasteiger partial charge in [-0.25, -0.2) is 0 Å². The standard InChI is InChI=1S/C6H11NOS2/c1-7(2)6(9)10-4-5-3-8-5/h5H,3-4H2,1-2H3. The van der Waals surface area contributed by atoms with Crippen molar-refractivity contribution in [2.75, 3.05) is 26.5 Å². The Morgan fingerprint density at radius 1 is 1.80 bits per heavy atom. The highest BCUT2D eigenvalue weighted by Gasteiger charge is 2.22. The molecule has 0 aromatic rings. The number of epoxide rings is 1. The van der Waals surface area contributed by atoms with E-state index in [2.05, 4.69) is 0 Å². The summed E-state index contributed by atoms with van der Waals surface area (Å²) in [5, 5.41) is 0. The Kier molecular flexibility index (Phi) is 2.95. The van der Waals surface area contributed by atoms with Gasteiger partial charge in [0.1, 0.15) is 4.32 Å². The third kappa shape index (κ3) is 2.86. The topological polar surface area (TPSA) is 15.8 Å². The highest BCUT2D eigenvalue weighted by molar-refractivity contribution is 8.22. The van der Waals surface area contributed by atoms with Crippen molar-refractivity contribution in [2.24, 2.45) is 0 Å². The summed E-state index contributed by atoms with van der Waals surface area (Å²) >= 11 is 6.74. The van der Waals surface area contributed by atoms with Crippen molar-refractivity contribution in [1.29, 1.82) is 0 Å². The minimum atomic E-state index is 0.475. The van der Waals surface area contributed by atoms with E-state index in [1.54, 1.807) is 11.8 Å². The molecule has 4 heteroatoms. The molecule has 0 aromatic carbocycles. The SMILES string of the molecule is CN(C)C(=S)SCC1CO1. The van der Waals surface area contributed by atoms with Gasteiger partial charge in [0.15, 0.2) is 0 Å². The lowest BCUT2D eigenvalue weighted by molar-refractivity contribution is 0.426. The van der Waals surface area contributed by atoms with Crippen LogP contribution in [0, 0.1) is 0 Å². The van der Waals surface area contributed by atoms with Gasteiger partial charge < -0.3 is 9.64 Å². The van der Waals surface area contributed by atoms with E-state index >= 15 is 0 Å². The monoisotopic (exact) mass is 177 g/mol. The van der Waals surface area contributed by atoms with Gasteiger partial charge in [0, 0.05) is 19.8 Å². The first-order valence-corrected chi connectivity index (χ1v) is 4.55. The van der Waals surface area contributed by atoms with Gasteiger partial charge in [0.25, 0.3) is 0 Å². The molecule has 1 heterocycles. The van der Waals surface area contributed by atoms with E-state index in [0.717, 1.165) is 16.7 Å². The van der Waals surface area contributed by atoms with Gasteiger partial charge in [0.2, 0.25) is 0 Å². The third-order valence-corrected chi connectivity index (χ3v) is 3.03. The number of nitrogens with zero attached hydrogens (tertiary/aromatic N) is 1. The Balaban J connectivity index is 2.05. The molecule has 1 rings (SSSR count).